The standard InChI is InChI=1S/C20H24/c1-5-14(4)16-7-9-20-18(11-16)12-17-10-15(13(2)3)6-8-19(17)20/h6-11,13-14H,5,12H2,1-4H3. The average molecular weight is 264 g/mol. The van der Waals surface area contributed by atoms with Crippen molar-refractivity contribution < 1.29 is 0 Å². The fourth-order valence-corrected chi connectivity index (χ4v) is 3.15. The van der Waals surface area contributed by atoms with Crippen molar-refractivity contribution in [2.45, 2.75) is 52.4 Å². The highest BCUT2D eigenvalue weighted by Crippen LogP contribution is 2.39. The van der Waals surface area contributed by atoms with E-state index in [-0.39, 0.29) is 0 Å². The van der Waals surface area contributed by atoms with E-state index < -0.39 is 0 Å². The van der Waals surface area contributed by atoms with Crippen LogP contribution in [-0.4, -0.2) is 0 Å². The molecule has 0 nitrogen and oxygen atoms in total. The maximum absolute atomic E-state index is 2.43. The SMILES string of the molecule is CCC(C)c1ccc2c(c1)Cc1cc(C(C)C)ccc1-2. The summed E-state index contributed by atoms with van der Waals surface area (Å²) >= 11 is 0. The van der Waals surface area contributed by atoms with Gasteiger partial charge in [-0.25, -0.2) is 0 Å². The lowest BCUT2D eigenvalue weighted by Crippen LogP contribution is -1.92. The van der Waals surface area contributed by atoms with Crippen molar-refractivity contribution >= 4 is 0 Å². The number of hydrogen-bond acceptors (Lipinski definition) is 0. The van der Waals surface area contributed by atoms with Crippen LogP contribution < -0.4 is 0 Å². The van der Waals surface area contributed by atoms with Gasteiger partial charge in [0.25, 0.3) is 0 Å². The lowest BCUT2D eigenvalue weighted by atomic mass is 9.94. The van der Waals surface area contributed by atoms with Crippen LogP contribution in [-0.2, 0) is 6.42 Å². The first-order valence-electron chi connectivity index (χ1n) is 7.86. The summed E-state index contributed by atoms with van der Waals surface area (Å²) in [5, 5.41) is 0. The fourth-order valence-electron chi connectivity index (χ4n) is 3.15. The van der Waals surface area contributed by atoms with Crippen LogP contribution in [0.5, 0.6) is 0 Å². The molecule has 0 aromatic heterocycles. The van der Waals surface area contributed by atoms with Crippen molar-refractivity contribution in [2.24, 2.45) is 0 Å². The van der Waals surface area contributed by atoms with Crippen molar-refractivity contribution in [2.75, 3.05) is 0 Å². The van der Waals surface area contributed by atoms with Crippen LogP contribution in [0, 0.1) is 0 Å². The second-order valence-electron chi connectivity index (χ2n) is 6.47. The molecule has 104 valence electrons. The van der Waals surface area contributed by atoms with Crippen molar-refractivity contribution in [1.29, 1.82) is 0 Å². The van der Waals surface area contributed by atoms with Gasteiger partial charge < -0.3 is 0 Å². The van der Waals surface area contributed by atoms with Gasteiger partial charge in [-0.2, -0.15) is 0 Å². The van der Waals surface area contributed by atoms with Crippen molar-refractivity contribution in [3.05, 3.63) is 58.7 Å². The van der Waals surface area contributed by atoms with Crippen LogP contribution >= 0.6 is 0 Å². The minimum Gasteiger partial charge on any atom is -0.0648 e. The maximum atomic E-state index is 2.43. The molecule has 20 heavy (non-hydrogen) atoms. The predicted octanol–water partition coefficient (Wildman–Crippen LogP) is 5.89. The summed E-state index contributed by atoms with van der Waals surface area (Å²) in [6.07, 6.45) is 2.32. The molecule has 0 spiro atoms. The van der Waals surface area contributed by atoms with E-state index in [1.165, 1.54) is 39.8 Å². The molecule has 0 heteroatoms. The van der Waals surface area contributed by atoms with E-state index in [1.54, 1.807) is 0 Å². The van der Waals surface area contributed by atoms with E-state index in [9.17, 15) is 0 Å². The second kappa shape index (κ2) is 5.09. The molecule has 2 aromatic carbocycles. The highest BCUT2D eigenvalue weighted by molar-refractivity contribution is 5.77. The third-order valence-electron chi connectivity index (χ3n) is 4.78. The Bertz CT molecular complexity index is 634. The molecule has 0 N–H and O–H groups in total. The summed E-state index contributed by atoms with van der Waals surface area (Å²) in [7, 11) is 0. The lowest BCUT2D eigenvalue weighted by molar-refractivity contribution is 0.733. The Morgan fingerprint density at radius 2 is 1.40 bits per heavy atom. The van der Waals surface area contributed by atoms with Crippen LogP contribution in [0.2, 0.25) is 0 Å². The van der Waals surface area contributed by atoms with Gasteiger partial charge in [-0.3, -0.25) is 0 Å². The Hall–Kier alpha value is -1.56. The van der Waals surface area contributed by atoms with Gasteiger partial charge in [-0.05, 0) is 58.1 Å². The highest BCUT2D eigenvalue weighted by atomic mass is 14.2. The monoisotopic (exact) mass is 264 g/mol. The van der Waals surface area contributed by atoms with Gasteiger partial charge in [0.1, 0.15) is 0 Å². The molecule has 0 saturated heterocycles. The molecule has 2 aromatic rings. The molecule has 0 bridgehead atoms. The Morgan fingerprint density at radius 3 is 1.95 bits per heavy atom. The zero-order valence-corrected chi connectivity index (χ0v) is 13.0. The van der Waals surface area contributed by atoms with Gasteiger partial charge >= 0.3 is 0 Å². The molecule has 3 rings (SSSR count). The van der Waals surface area contributed by atoms with E-state index >= 15 is 0 Å². The number of fused-ring (bicyclic) bond motifs is 3. The Balaban J connectivity index is 2.01. The van der Waals surface area contributed by atoms with E-state index in [0.717, 1.165) is 6.42 Å². The summed E-state index contributed by atoms with van der Waals surface area (Å²) in [4.78, 5) is 0. The van der Waals surface area contributed by atoms with Crippen molar-refractivity contribution in [1.82, 2.24) is 0 Å². The van der Waals surface area contributed by atoms with Gasteiger partial charge in [-0.1, -0.05) is 64.1 Å². The van der Waals surface area contributed by atoms with E-state index in [1.807, 2.05) is 0 Å². The van der Waals surface area contributed by atoms with Crippen LogP contribution in [0.15, 0.2) is 36.4 Å². The molecular weight excluding hydrogens is 240 g/mol. The molecule has 0 aliphatic heterocycles. The maximum Gasteiger partial charge on any atom is -0.00132 e. The number of rotatable bonds is 3. The molecule has 1 aliphatic rings. The fraction of sp³-hybridized carbons (Fsp3) is 0.400. The topological polar surface area (TPSA) is 0 Å². The third kappa shape index (κ3) is 2.18. The highest BCUT2D eigenvalue weighted by Gasteiger charge is 2.20. The molecule has 1 aliphatic carbocycles. The van der Waals surface area contributed by atoms with E-state index in [0.29, 0.717) is 11.8 Å². The molecule has 1 atom stereocenters. The van der Waals surface area contributed by atoms with Crippen LogP contribution in [0.4, 0.5) is 0 Å². The number of benzene rings is 2. The normalized spacial score (nSPS) is 14.2. The van der Waals surface area contributed by atoms with Crippen LogP contribution in [0.1, 0.15) is 68.2 Å². The summed E-state index contributed by atoms with van der Waals surface area (Å²) in [6.45, 7) is 9.12. The molecule has 0 amide bonds. The van der Waals surface area contributed by atoms with Crippen LogP contribution in [0.3, 0.4) is 0 Å². The summed E-state index contributed by atoms with van der Waals surface area (Å²) in [5.74, 6) is 1.27. The van der Waals surface area contributed by atoms with Crippen molar-refractivity contribution in [3.63, 3.8) is 0 Å². The Kier molecular flexibility index (Phi) is 3.41. The first-order valence-corrected chi connectivity index (χ1v) is 7.86. The average Bonchev–Trinajstić information content (AvgIpc) is 2.82. The largest absolute Gasteiger partial charge is 0.0648 e. The van der Waals surface area contributed by atoms with Gasteiger partial charge in [-0.15, -0.1) is 0 Å². The zero-order valence-electron chi connectivity index (χ0n) is 13.0. The van der Waals surface area contributed by atoms with Crippen LogP contribution in [0.25, 0.3) is 11.1 Å². The minimum absolute atomic E-state index is 0.611. The summed E-state index contributed by atoms with van der Waals surface area (Å²) in [5.41, 5.74) is 8.86. The first-order chi connectivity index (χ1) is 9.60. The van der Waals surface area contributed by atoms with Gasteiger partial charge in [0.05, 0.1) is 0 Å². The first kappa shape index (κ1) is 13.4. The van der Waals surface area contributed by atoms with Gasteiger partial charge in [0.15, 0.2) is 0 Å². The Labute approximate surface area is 122 Å². The molecule has 0 heterocycles. The smallest absolute Gasteiger partial charge is 0.00132 e. The van der Waals surface area contributed by atoms with Gasteiger partial charge in [0, 0.05) is 0 Å². The van der Waals surface area contributed by atoms with E-state index in [4.69, 9.17) is 0 Å². The Morgan fingerprint density at radius 1 is 0.850 bits per heavy atom. The minimum atomic E-state index is 0.611. The molecule has 0 fully saturated rings. The van der Waals surface area contributed by atoms with E-state index in [2.05, 4.69) is 64.1 Å². The molecule has 0 saturated carbocycles. The lowest BCUT2D eigenvalue weighted by Gasteiger charge is -2.11. The molecular formula is C20H24. The number of hydrogen-bond donors (Lipinski definition) is 0. The molecule has 1 unspecified atom stereocenters. The quantitative estimate of drug-likeness (QED) is 0.553. The zero-order chi connectivity index (χ0) is 14.3. The second-order valence-corrected chi connectivity index (χ2v) is 6.47. The van der Waals surface area contributed by atoms with Crippen molar-refractivity contribution in [3.8, 4) is 11.1 Å². The predicted molar refractivity (Wildman–Crippen MR) is 87.5 cm³/mol. The molecule has 0 radical (unpaired) electrons. The summed E-state index contributed by atoms with van der Waals surface area (Å²) < 4.78 is 0. The third-order valence-corrected chi connectivity index (χ3v) is 4.78. The van der Waals surface area contributed by atoms with Gasteiger partial charge in [0.2, 0.25) is 0 Å². The summed E-state index contributed by atoms with van der Waals surface area (Å²) in [6, 6.07) is 14.1.